The van der Waals surface area contributed by atoms with Gasteiger partial charge in [-0.2, -0.15) is 13.2 Å². The Morgan fingerprint density at radius 2 is 1.84 bits per heavy atom. The lowest BCUT2D eigenvalue weighted by Gasteiger charge is -2.19. The van der Waals surface area contributed by atoms with Crippen LogP contribution >= 0.6 is 11.9 Å². The second kappa shape index (κ2) is 9.09. The summed E-state index contributed by atoms with van der Waals surface area (Å²) >= 11 is 1.30. The van der Waals surface area contributed by atoms with Crippen molar-refractivity contribution in [3.8, 4) is 0 Å². The summed E-state index contributed by atoms with van der Waals surface area (Å²) in [7, 11) is 1.74. The van der Waals surface area contributed by atoms with Crippen molar-refractivity contribution in [2.24, 2.45) is 0 Å². The molecule has 0 radical (unpaired) electrons. The highest BCUT2D eigenvalue weighted by atomic mass is 32.2. The first-order chi connectivity index (χ1) is 15.3. The van der Waals surface area contributed by atoms with Crippen LogP contribution in [0.25, 0.3) is 0 Å². The van der Waals surface area contributed by atoms with Crippen LogP contribution in [0.3, 0.4) is 0 Å². The smallest absolute Gasteiger partial charge is 0.354 e. The third-order valence-corrected chi connectivity index (χ3v) is 5.63. The zero-order valence-electron chi connectivity index (χ0n) is 17.0. The number of aromatic nitrogens is 1. The molecule has 6 nitrogen and oxygen atoms in total. The topological polar surface area (TPSA) is 78.1 Å². The molecule has 1 aliphatic rings. The van der Waals surface area contributed by atoms with Gasteiger partial charge in [-0.1, -0.05) is 12.1 Å². The summed E-state index contributed by atoms with van der Waals surface area (Å²) < 4.78 is 43.8. The van der Waals surface area contributed by atoms with E-state index >= 15 is 0 Å². The molecular weight excluding hydrogens is 439 g/mol. The number of hydrogen-bond acceptors (Lipinski definition) is 6. The van der Waals surface area contributed by atoms with Crippen LogP contribution in [0.2, 0.25) is 0 Å². The normalized spacial score (nSPS) is 13.3. The van der Waals surface area contributed by atoms with Crippen molar-refractivity contribution in [3.63, 3.8) is 0 Å². The summed E-state index contributed by atoms with van der Waals surface area (Å²) in [6.45, 7) is 0. The minimum absolute atomic E-state index is 0.0324. The molecule has 32 heavy (non-hydrogen) atoms. The van der Waals surface area contributed by atoms with Crippen LogP contribution in [-0.4, -0.2) is 17.9 Å². The molecule has 166 valence electrons. The third-order valence-electron chi connectivity index (χ3n) is 4.85. The second-order valence-electron chi connectivity index (χ2n) is 7.09. The molecule has 10 heteroatoms. The van der Waals surface area contributed by atoms with E-state index in [1.54, 1.807) is 31.3 Å². The van der Waals surface area contributed by atoms with Gasteiger partial charge in [0.2, 0.25) is 5.91 Å². The van der Waals surface area contributed by atoms with Crippen molar-refractivity contribution < 1.29 is 18.0 Å². The Kier molecular flexibility index (Phi) is 6.24. The Balaban J connectivity index is 1.64. The largest absolute Gasteiger partial charge is 0.419 e. The maximum atomic E-state index is 13.6. The predicted octanol–water partition coefficient (Wildman–Crippen LogP) is 5.70. The van der Waals surface area contributed by atoms with E-state index in [-0.39, 0.29) is 17.4 Å². The molecule has 0 bridgehead atoms. The molecule has 0 saturated heterocycles. The number of rotatable bonds is 6. The summed E-state index contributed by atoms with van der Waals surface area (Å²) in [5.41, 5.74) is 1.94. The van der Waals surface area contributed by atoms with E-state index in [1.165, 1.54) is 18.0 Å². The number of anilines is 5. The van der Waals surface area contributed by atoms with Crippen LogP contribution in [0.4, 0.5) is 41.7 Å². The third kappa shape index (κ3) is 4.97. The van der Waals surface area contributed by atoms with Crippen LogP contribution in [0.1, 0.15) is 17.5 Å². The Bertz CT molecular complexity index is 1150. The minimum atomic E-state index is -4.57. The molecule has 1 aromatic heterocycles. The van der Waals surface area contributed by atoms with Crippen molar-refractivity contribution >= 4 is 46.4 Å². The fourth-order valence-electron chi connectivity index (χ4n) is 3.38. The number of aryl methyl sites for hydroxylation is 1. The van der Waals surface area contributed by atoms with Gasteiger partial charge in [-0.3, -0.25) is 9.52 Å². The number of alkyl halides is 3. The molecule has 4 N–H and O–H groups in total. The zero-order valence-corrected chi connectivity index (χ0v) is 17.8. The Morgan fingerprint density at radius 3 is 2.62 bits per heavy atom. The van der Waals surface area contributed by atoms with E-state index in [2.05, 4.69) is 25.7 Å². The SMILES string of the molecule is CNSc1ccccc1Nc1cc(Nc2ccc3c(c2)CCC(=O)N3)ncc1C(F)(F)F. The highest BCUT2D eigenvalue weighted by Gasteiger charge is 2.34. The molecular formula is C22H20F3N5OS. The molecule has 0 spiro atoms. The molecule has 0 fully saturated rings. The van der Waals surface area contributed by atoms with E-state index in [0.29, 0.717) is 24.2 Å². The molecule has 1 amide bonds. The predicted molar refractivity (Wildman–Crippen MR) is 121 cm³/mol. The molecule has 2 aromatic carbocycles. The quantitative estimate of drug-likeness (QED) is 0.354. The van der Waals surface area contributed by atoms with Crippen LogP contribution in [-0.2, 0) is 17.4 Å². The summed E-state index contributed by atoms with van der Waals surface area (Å²) in [6.07, 6.45) is -2.75. The first-order valence-corrected chi connectivity index (χ1v) is 10.6. The lowest BCUT2D eigenvalue weighted by atomic mass is 10.0. The van der Waals surface area contributed by atoms with Crippen LogP contribution in [0.5, 0.6) is 0 Å². The molecule has 3 aromatic rings. The molecule has 0 atom stereocenters. The molecule has 4 rings (SSSR count). The van der Waals surface area contributed by atoms with Gasteiger partial charge in [-0.15, -0.1) is 0 Å². The number of carbonyl (C=O) groups excluding carboxylic acids is 1. The van der Waals surface area contributed by atoms with Crippen LogP contribution in [0.15, 0.2) is 59.6 Å². The highest BCUT2D eigenvalue weighted by Crippen LogP contribution is 2.38. The fourth-order valence-corrected chi connectivity index (χ4v) is 3.97. The molecule has 0 saturated carbocycles. The zero-order chi connectivity index (χ0) is 22.7. The lowest BCUT2D eigenvalue weighted by molar-refractivity contribution is -0.137. The number of pyridine rings is 1. The van der Waals surface area contributed by atoms with Gasteiger partial charge in [-0.05, 0) is 61.3 Å². The number of hydrogen-bond donors (Lipinski definition) is 4. The van der Waals surface area contributed by atoms with Gasteiger partial charge in [0.1, 0.15) is 5.82 Å². The average Bonchev–Trinajstić information content (AvgIpc) is 2.75. The standard InChI is InChI=1S/C22H20F3N5OS/c1-26-32-19-5-3-2-4-17(19)29-18-11-20(27-12-15(18)22(23,24)25)28-14-7-8-16-13(10-14)6-9-21(31)30-16/h2-5,7-8,10-12,26H,6,9H2,1H3,(H,30,31)(H2,27,28,29). The number of fused-ring (bicyclic) bond motifs is 1. The lowest BCUT2D eigenvalue weighted by Crippen LogP contribution is -2.18. The van der Waals surface area contributed by atoms with E-state index in [0.717, 1.165) is 22.3 Å². The summed E-state index contributed by atoms with van der Waals surface area (Å²) in [6, 6.07) is 13.8. The van der Waals surface area contributed by atoms with Crippen molar-refractivity contribution in [2.45, 2.75) is 23.9 Å². The van der Waals surface area contributed by atoms with Crippen LogP contribution < -0.4 is 20.7 Å². The number of halogens is 3. The Hall–Kier alpha value is -3.24. The maximum Gasteiger partial charge on any atom is 0.419 e. The number of amides is 1. The van der Waals surface area contributed by atoms with Gasteiger partial charge < -0.3 is 16.0 Å². The average molecular weight is 459 g/mol. The molecule has 2 heterocycles. The van der Waals surface area contributed by atoms with E-state index in [4.69, 9.17) is 0 Å². The van der Waals surface area contributed by atoms with Crippen LogP contribution in [0, 0.1) is 0 Å². The Morgan fingerprint density at radius 1 is 1.03 bits per heavy atom. The number of para-hydroxylation sites is 1. The summed E-state index contributed by atoms with van der Waals surface area (Å²) in [5, 5.41) is 8.77. The van der Waals surface area contributed by atoms with Crippen molar-refractivity contribution in [2.75, 3.05) is 23.0 Å². The van der Waals surface area contributed by atoms with Gasteiger partial charge in [0.05, 0.1) is 16.9 Å². The molecule has 0 aliphatic carbocycles. The first kappa shape index (κ1) is 22.0. The number of carbonyl (C=O) groups is 1. The molecule has 0 unspecified atom stereocenters. The van der Waals surface area contributed by atoms with E-state index in [1.807, 2.05) is 18.2 Å². The summed E-state index contributed by atoms with van der Waals surface area (Å²) in [5.74, 6) is 0.231. The van der Waals surface area contributed by atoms with Crippen molar-refractivity contribution in [1.29, 1.82) is 0 Å². The van der Waals surface area contributed by atoms with Crippen molar-refractivity contribution in [1.82, 2.24) is 9.71 Å². The monoisotopic (exact) mass is 459 g/mol. The Labute approximate surface area is 187 Å². The van der Waals surface area contributed by atoms with Gasteiger partial charge >= 0.3 is 6.18 Å². The maximum absolute atomic E-state index is 13.6. The first-order valence-electron chi connectivity index (χ1n) is 9.80. The highest BCUT2D eigenvalue weighted by molar-refractivity contribution is 7.97. The summed E-state index contributed by atoms with van der Waals surface area (Å²) in [4.78, 5) is 16.2. The van der Waals surface area contributed by atoms with Gasteiger partial charge in [-0.25, -0.2) is 4.98 Å². The number of nitrogens with one attached hydrogen (secondary N) is 4. The van der Waals surface area contributed by atoms with Gasteiger partial charge in [0.15, 0.2) is 0 Å². The van der Waals surface area contributed by atoms with Crippen molar-refractivity contribution in [3.05, 3.63) is 65.9 Å². The van der Waals surface area contributed by atoms with Gasteiger partial charge in [0, 0.05) is 35.0 Å². The fraction of sp³-hybridized carbons (Fsp3) is 0.182. The minimum Gasteiger partial charge on any atom is -0.354 e. The second-order valence-corrected chi connectivity index (χ2v) is 8.14. The van der Waals surface area contributed by atoms with Gasteiger partial charge in [0.25, 0.3) is 0 Å². The number of benzene rings is 2. The number of nitrogens with zero attached hydrogens (tertiary/aromatic N) is 1. The molecule has 1 aliphatic heterocycles. The van der Waals surface area contributed by atoms with E-state index in [9.17, 15) is 18.0 Å². The van der Waals surface area contributed by atoms with E-state index < -0.39 is 11.7 Å².